The maximum atomic E-state index is 7.71. The van der Waals surface area contributed by atoms with E-state index in [1.807, 2.05) is 19.0 Å². The standard InChI is InChI=1S/C48H63BO5SSi/c1-34(2)56(35(3)4,36(5)6)53-44-30-48(47(8,9)43(37(44)7)33-55-40-26-18-13-19-27-40)45(52-49(10)54-48)41-28-20-21-29-42(41)46(50-31-38-22-14-11-15-23-38)51-32-39-24-16-12-17-25-39/h11-19,22-29,33-36,45-46H,20-21,30-32H2,1-10H3/b43-33+/t45-,48+/m0/s1. The van der Waals surface area contributed by atoms with E-state index in [9.17, 15) is 0 Å². The van der Waals surface area contributed by atoms with Gasteiger partial charge in [0, 0.05) is 22.3 Å². The first-order chi connectivity index (χ1) is 26.8. The molecule has 0 unspecified atom stereocenters. The summed E-state index contributed by atoms with van der Waals surface area (Å²) in [6, 6.07) is 31.3. The lowest BCUT2D eigenvalue weighted by Crippen LogP contribution is -2.58. The number of hydrogen-bond donors (Lipinski definition) is 0. The van der Waals surface area contributed by atoms with Crippen molar-refractivity contribution >= 4 is 27.2 Å². The fraction of sp³-hybridized carbons (Fsp3) is 0.458. The van der Waals surface area contributed by atoms with Crippen molar-refractivity contribution in [1.82, 2.24) is 0 Å². The van der Waals surface area contributed by atoms with Crippen LogP contribution >= 0.6 is 11.8 Å². The first kappa shape index (κ1) is 42.5. The van der Waals surface area contributed by atoms with Crippen molar-refractivity contribution in [3.63, 3.8) is 0 Å². The first-order valence-corrected chi connectivity index (χ1v) is 23.7. The average molecular weight is 791 g/mol. The Balaban J connectivity index is 1.45. The lowest BCUT2D eigenvalue weighted by molar-refractivity contribution is -0.134. The van der Waals surface area contributed by atoms with Crippen LogP contribution in [-0.2, 0) is 36.4 Å². The molecular formula is C48H63BO5SSi. The summed E-state index contributed by atoms with van der Waals surface area (Å²) in [5.74, 6) is 1.05. The lowest BCUT2D eigenvalue weighted by atomic mass is 9.59. The largest absolute Gasteiger partial charge is 0.545 e. The molecule has 3 aliphatic rings. The van der Waals surface area contributed by atoms with Gasteiger partial charge in [0.25, 0.3) is 8.32 Å². The highest BCUT2D eigenvalue weighted by molar-refractivity contribution is 8.02. The van der Waals surface area contributed by atoms with Crippen molar-refractivity contribution in [3.8, 4) is 0 Å². The summed E-state index contributed by atoms with van der Waals surface area (Å²) in [5, 5.41) is 2.35. The third kappa shape index (κ3) is 8.67. The van der Waals surface area contributed by atoms with Gasteiger partial charge in [0.1, 0.15) is 0 Å². The van der Waals surface area contributed by atoms with Crippen molar-refractivity contribution in [2.75, 3.05) is 0 Å². The van der Waals surface area contributed by atoms with E-state index < -0.39 is 38.8 Å². The molecule has 6 rings (SSSR count). The minimum atomic E-state index is -2.34. The zero-order valence-electron chi connectivity index (χ0n) is 35.3. The molecule has 3 aromatic rings. The number of rotatable bonds is 15. The van der Waals surface area contributed by atoms with Crippen LogP contribution in [0, 0.1) is 5.41 Å². The molecule has 8 heteroatoms. The quantitative estimate of drug-likeness (QED) is 0.0868. The summed E-state index contributed by atoms with van der Waals surface area (Å²) in [4.78, 5) is 1.20. The van der Waals surface area contributed by atoms with Gasteiger partial charge in [0.2, 0.25) is 0 Å². The third-order valence-corrected chi connectivity index (χ3v) is 19.3. The van der Waals surface area contributed by atoms with Crippen LogP contribution in [0.2, 0.25) is 23.4 Å². The van der Waals surface area contributed by atoms with Crippen LogP contribution < -0.4 is 0 Å². The van der Waals surface area contributed by atoms with Crippen molar-refractivity contribution < 1.29 is 23.2 Å². The molecule has 1 saturated heterocycles. The zero-order chi connectivity index (χ0) is 40.1. The van der Waals surface area contributed by atoms with Crippen molar-refractivity contribution in [3.05, 3.63) is 148 Å². The van der Waals surface area contributed by atoms with Gasteiger partial charge in [-0.15, -0.1) is 0 Å². The summed E-state index contributed by atoms with van der Waals surface area (Å²) in [6.07, 6.45) is 6.07. The van der Waals surface area contributed by atoms with E-state index in [0.717, 1.165) is 40.9 Å². The molecule has 0 aromatic heterocycles. The second-order valence-electron chi connectivity index (χ2n) is 17.1. The van der Waals surface area contributed by atoms with Gasteiger partial charge < -0.3 is 23.2 Å². The van der Waals surface area contributed by atoms with Gasteiger partial charge in [0.05, 0.1) is 30.7 Å². The van der Waals surface area contributed by atoms with Gasteiger partial charge in [-0.25, -0.2) is 0 Å². The number of thioether (sulfide) groups is 1. The summed E-state index contributed by atoms with van der Waals surface area (Å²) in [6.45, 7) is 24.0. The highest BCUT2D eigenvalue weighted by Gasteiger charge is 2.64. The van der Waals surface area contributed by atoms with Gasteiger partial charge in [-0.1, -0.05) is 158 Å². The van der Waals surface area contributed by atoms with E-state index in [-0.39, 0.29) is 0 Å². The van der Waals surface area contributed by atoms with E-state index >= 15 is 0 Å². The Hall–Kier alpha value is -3.11. The Labute approximate surface area is 343 Å². The summed E-state index contributed by atoms with van der Waals surface area (Å²) in [7, 11) is -2.77. The highest BCUT2D eigenvalue weighted by Crippen LogP contribution is 2.60. The molecule has 3 aromatic carbocycles. The van der Waals surface area contributed by atoms with Crippen LogP contribution in [0.4, 0.5) is 0 Å². The molecular weight excluding hydrogens is 727 g/mol. The summed E-state index contributed by atoms with van der Waals surface area (Å²) in [5.41, 5.74) is 6.80. The smallest absolute Gasteiger partial charge is 0.454 e. The fourth-order valence-corrected chi connectivity index (χ4v) is 15.9. The van der Waals surface area contributed by atoms with E-state index in [2.05, 4.69) is 159 Å². The zero-order valence-corrected chi connectivity index (χ0v) is 37.2. The Morgan fingerprint density at radius 3 is 1.84 bits per heavy atom. The van der Waals surface area contributed by atoms with Crippen LogP contribution in [0.1, 0.15) is 92.7 Å². The van der Waals surface area contributed by atoms with Crippen LogP contribution in [0.5, 0.6) is 0 Å². The van der Waals surface area contributed by atoms with Gasteiger partial charge in [-0.3, -0.25) is 0 Å². The topological polar surface area (TPSA) is 46.2 Å². The van der Waals surface area contributed by atoms with Crippen LogP contribution in [0.15, 0.2) is 142 Å². The molecule has 1 fully saturated rings. The van der Waals surface area contributed by atoms with E-state index in [4.69, 9.17) is 23.2 Å². The Morgan fingerprint density at radius 1 is 0.786 bits per heavy atom. The summed E-state index contributed by atoms with van der Waals surface area (Å²) >= 11 is 1.76. The Morgan fingerprint density at radius 2 is 1.30 bits per heavy atom. The van der Waals surface area contributed by atoms with Crippen LogP contribution in [0.25, 0.3) is 0 Å². The molecule has 0 N–H and O–H groups in total. The van der Waals surface area contributed by atoms with Gasteiger partial charge in [-0.05, 0) is 88.6 Å². The second kappa shape index (κ2) is 18.2. The molecule has 0 bridgehead atoms. The maximum absolute atomic E-state index is 7.71. The van der Waals surface area contributed by atoms with Crippen molar-refractivity contribution in [1.29, 1.82) is 0 Å². The molecule has 1 heterocycles. The molecule has 1 spiro atoms. The molecule has 0 saturated carbocycles. The predicted molar refractivity (Wildman–Crippen MR) is 236 cm³/mol. The number of benzene rings is 3. The third-order valence-electron chi connectivity index (χ3n) is 12.4. The molecule has 5 nitrogen and oxygen atoms in total. The molecule has 0 amide bonds. The molecule has 0 radical (unpaired) electrons. The lowest BCUT2D eigenvalue weighted by Gasteiger charge is -2.54. The second-order valence-corrected chi connectivity index (χ2v) is 23.5. The molecule has 298 valence electrons. The number of hydrogen-bond acceptors (Lipinski definition) is 6. The number of ether oxygens (including phenoxy) is 2. The van der Waals surface area contributed by atoms with E-state index in [1.165, 1.54) is 16.0 Å². The van der Waals surface area contributed by atoms with E-state index in [1.54, 1.807) is 11.8 Å². The van der Waals surface area contributed by atoms with Gasteiger partial charge >= 0.3 is 7.12 Å². The van der Waals surface area contributed by atoms with Crippen molar-refractivity contribution in [2.45, 2.75) is 141 Å². The highest BCUT2D eigenvalue weighted by atomic mass is 32.2. The van der Waals surface area contributed by atoms with Crippen LogP contribution in [0.3, 0.4) is 0 Å². The molecule has 2 atom stereocenters. The van der Waals surface area contributed by atoms with E-state index in [0.29, 0.717) is 36.3 Å². The van der Waals surface area contributed by atoms with Crippen molar-refractivity contribution in [2.24, 2.45) is 5.41 Å². The predicted octanol–water partition coefficient (Wildman–Crippen LogP) is 13.2. The normalized spacial score (nSPS) is 22.2. The molecule has 2 aliphatic carbocycles. The fourth-order valence-electron chi connectivity index (χ4n) is 9.53. The monoisotopic (exact) mass is 790 g/mol. The Kier molecular flexibility index (Phi) is 13.8. The minimum Gasteiger partial charge on any atom is -0.545 e. The minimum absolute atomic E-state index is 0.396. The SMILES string of the molecule is CB1O[C@@H](C2=CCCC=C2C(OCc2ccccc2)OCc2ccccc2)[C@@]2(CC(O[Si](C(C)C)(C(C)C)C(C)C)=C(C)/C(=C\Sc3ccccc3)C2(C)C)O1. The van der Waals surface area contributed by atoms with Gasteiger partial charge in [-0.2, -0.15) is 0 Å². The average Bonchev–Trinajstić information content (AvgIpc) is 3.53. The molecule has 56 heavy (non-hydrogen) atoms. The Bertz CT molecular complexity index is 1820. The maximum Gasteiger partial charge on any atom is 0.454 e. The number of allylic oxidation sites excluding steroid dienone is 3. The molecule has 1 aliphatic heterocycles. The van der Waals surface area contributed by atoms with Gasteiger partial charge in [0.15, 0.2) is 6.29 Å². The first-order valence-electron chi connectivity index (χ1n) is 20.7. The summed E-state index contributed by atoms with van der Waals surface area (Å²) < 4.78 is 35.6. The van der Waals surface area contributed by atoms with Crippen LogP contribution in [-0.4, -0.2) is 33.4 Å².